The lowest BCUT2D eigenvalue weighted by atomic mass is 9.98. The van der Waals surface area contributed by atoms with Gasteiger partial charge in [-0.15, -0.1) is 0 Å². The zero-order valence-electron chi connectivity index (χ0n) is 7.98. The summed E-state index contributed by atoms with van der Waals surface area (Å²) in [5.41, 5.74) is 1.04. The van der Waals surface area contributed by atoms with E-state index in [-0.39, 0.29) is 0 Å². The van der Waals surface area contributed by atoms with Crippen molar-refractivity contribution in [1.29, 1.82) is 0 Å². The quantitative estimate of drug-likeness (QED) is 0.758. The molecule has 74 valence electrons. The van der Waals surface area contributed by atoms with Crippen LogP contribution in [0.3, 0.4) is 0 Å². The Kier molecular flexibility index (Phi) is 3.19. The predicted octanol–water partition coefficient (Wildman–Crippen LogP) is 1.95. The second-order valence-electron chi connectivity index (χ2n) is 3.56. The average Bonchev–Trinajstić information content (AvgIpc) is 2.72. The highest BCUT2D eigenvalue weighted by Gasteiger charge is 2.22. The van der Waals surface area contributed by atoms with E-state index in [2.05, 4.69) is 4.98 Å². The third-order valence-corrected chi connectivity index (χ3v) is 3.65. The van der Waals surface area contributed by atoms with Gasteiger partial charge in [0.25, 0.3) is 0 Å². The Balaban J connectivity index is 1.94. The molecular formula is C11H13NOS. The molecule has 0 N–H and O–H groups in total. The van der Waals surface area contributed by atoms with Gasteiger partial charge in [0.15, 0.2) is 0 Å². The van der Waals surface area contributed by atoms with Gasteiger partial charge in [-0.25, -0.2) is 0 Å². The van der Waals surface area contributed by atoms with E-state index in [1.165, 1.54) is 0 Å². The smallest absolute Gasteiger partial charge is 0.141 e. The maximum atomic E-state index is 11.8. The van der Waals surface area contributed by atoms with Crippen molar-refractivity contribution in [1.82, 2.24) is 4.98 Å². The van der Waals surface area contributed by atoms with Crippen molar-refractivity contribution in [3.05, 3.63) is 30.1 Å². The van der Waals surface area contributed by atoms with Crippen molar-refractivity contribution in [2.45, 2.75) is 12.8 Å². The topological polar surface area (TPSA) is 30.0 Å². The Labute approximate surface area is 88.1 Å². The molecule has 0 spiro atoms. The van der Waals surface area contributed by atoms with Gasteiger partial charge in [-0.1, -0.05) is 6.07 Å². The summed E-state index contributed by atoms with van der Waals surface area (Å²) in [4.78, 5) is 15.8. The molecule has 1 fully saturated rings. The Hall–Kier alpha value is -0.830. The minimum absolute atomic E-state index is 0.292. The Morgan fingerprint density at radius 1 is 1.64 bits per heavy atom. The number of carbonyl (C=O) groups excluding carboxylic acids is 1. The largest absolute Gasteiger partial charge is 0.299 e. The van der Waals surface area contributed by atoms with Crippen LogP contribution < -0.4 is 0 Å². The summed E-state index contributed by atoms with van der Waals surface area (Å²) in [6.45, 7) is 0. The number of pyridine rings is 1. The molecule has 0 aliphatic carbocycles. The highest BCUT2D eigenvalue weighted by Crippen LogP contribution is 2.25. The zero-order chi connectivity index (χ0) is 9.80. The van der Waals surface area contributed by atoms with Crippen molar-refractivity contribution >= 4 is 17.5 Å². The van der Waals surface area contributed by atoms with Gasteiger partial charge in [-0.05, 0) is 23.8 Å². The summed E-state index contributed by atoms with van der Waals surface area (Å²) in [5, 5.41) is 0. The van der Waals surface area contributed by atoms with Gasteiger partial charge in [0, 0.05) is 30.5 Å². The van der Waals surface area contributed by atoms with Crippen LogP contribution in [0.15, 0.2) is 24.5 Å². The molecule has 1 aromatic heterocycles. The first kappa shape index (κ1) is 9.71. The number of rotatable bonds is 3. The summed E-state index contributed by atoms with van der Waals surface area (Å²) >= 11 is 1.88. The standard InChI is InChI=1S/C11H13NOS/c13-11(10-3-5-14-8-10)6-9-2-1-4-12-7-9/h1-2,4,7,10H,3,5-6,8H2. The molecular weight excluding hydrogens is 194 g/mol. The Morgan fingerprint density at radius 3 is 3.21 bits per heavy atom. The van der Waals surface area contributed by atoms with E-state index in [4.69, 9.17) is 0 Å². The van der Waals surface area contributed by atoms with Gasteiger partial charge in [-0.2, -0.15) is 11.8 Å². The molecule has 0 aromatic carbocycles. The van der Waals surface area contributed by atoms with Crippen LogP contribution >= 0.6 is 11.8 Å². The summed E-state index contributed by atoms with van der Waals surface area (Å²) in [5.74, 6) is 2.82. The molecule has 1 aliphatic heterocycles. The number of nitrogens with zero attached hydrogens (tertiary/aromatic N) is 1. The van der Waals surface area contributed by atoms with Gasteiger partial charge >= 0.3 is 0 Å². The number of hydrogen-bond acceptors (Lipinski definition) is 3. The number of ketones is 1. The lowest BCUT2D eigenvalue weighted by Crippen LogP contribution is -2.16. The number of carbonyl (C=O) groups is 1. The van der Waals surface area contributed by atoms with Gasteiger partial charge in [-0.3, -0.25) is 9.78 Å². The van der Waals surface area contributed by atoms with Crippen LogP contribution in [-0.4, -0.2) is 22.3 Å². The monoisotopic (exact) mass is 207 g/mol. The fraction of sp³-hybridized carbons (Fsp3) is 0.455. The van der Waals surface area contributed by atoms with Crippen molar-refractivity contribution in [2.24, 2.45) is 5.92 Å². The van der Waals surface area contributed by atoms with Crippen LogP contribution in [0.1, 0.15) is 12.0 Å². The average molecular weight is 207 g/mol. The van der Waals surface area contributed by atoms with Gasteiger partial charge < -0.3 is 0 Å². The predicted molar refractivity (Wildman–Crippen MR) is 58.4 cm³/mol. The van der Waals surface area contributed by atoms with Gasteiger partial charge in [0.2, 0.25) is 0 Å². The van der Waals surface area contributed by atoms with Crippen LogP contribution in [-0.2, 0) is 11.2 Å². The summed E-state index contributed by atoms with van der Waals surface area (Å²) in [6.07, 6.45) is 5.13. The second-order valence-corrected chi connectivity index (χ2v) is 4.71. The molecule has 1 aliphatic rings. The van der Waals surface area contributed by atoms with Crippen molar-refractivity contribution < 1.29 is 4.79 Å². The second kappa shape index (κ2) is 4.60. The van der Waals surface area contributed by atoms with Crippen LogP contribution in [0.2, 0.25) is 0 Å². The van der Waals surface area contributed by atoms with Crippen LogP contribution in [0.25, 0.3) is 0 Å². The fourth-order valence-electron chi connectivity index (χ4n) is 1.64. The lowest BCUT2D eigenvalue weighted by molar-refractivity contribution is -0.121. The molecule has 3 heteroatoms. The third-order valence-electron chi connectivity index (χ3n) is 2.49. The first-order valence-corrected chi connectivity index (χ1v) is 6.01. The molecule has 1 aromatic rings. The number of hydrogen-bond donors (Lipinski definition) is 0. The molecule has 2 rings (SSSR count). The van der Waals surface area contributed by atoms with E-state index >= 15 is 0 Å². The third kappa shape index (κ3) is 2.35. The van der Waals surface area contributed by atoms with E-state index < -0.39 is 0 Å². The summed E-state index contributed by atoms with van der Waals surface area (Å²) < 4.78 is 0. The first-order chi connectivity index (χ1) is 6.86. The fourth-order valence-corrected chi connectivity index (χ4v) is 2.89. The van der Waals surface area contributed by atoms with E-state index in [1.807, 2.05) is 23.9 Å². The normalized spacial score (nSPS) is 21.0. The molecule has 0 bridgehead atoms. The summed E-state index contributed by atoms with van der Waals surface area (Å²) in [6, 6.07) is 3.85. The van der Waals surface area contributed by atoms with Crippen LogP contribution in [0.4, 0.5) is 0 Å². The molecule has 2 heterocycles. The molecule has 0 radical (unpaired) electrons. The molecule has 1 unspecified atom stereocenters. The van der Waals surface area contributed by atoms with Crippen molar-refractivity contribution in [2.75, 3.05) is 11.5 Å². The number of thioether (sulfide) groups is 1. The van der Waals surface area contributed by atoms with Crippen LogP contribution in [0.5, 0.6) is 0 Å². The first-order valence-electron chi connectivity index (χ1n) is 4.85. The van der Waals surface area contributed by atoms with E-state index in [1.54, 1.807) is 12.4 Å². The maximum Gasteiger partial charge on any atom is 0.141 e. The SMILES string of the molecule is O=C(Cc1cccnc1)C1CCSC1. The highest BCUT2D eigenvalue weighted by atomic mass is 32.2. The molecule has 14 heavy (non-hydrogen) atoms. The minimum Gasteiger partial charge on any atom is -0.299 e. The van der Waals surface area contributed by atoms with Gasteiger partial charge in [0.05, 0.1) is 0 Å². The summed E-state index contributed by atoms with van der Waals surface area (Å²) in [7, 11) is 0. The molecule has 1 atom stereocenters. The lowest BCUT2D eigenvalue weighted by Gasteiger charge is -2.06. The van der Waals surface area contributed by atoms with Crippen molar-refractivity contribution in [3.8, 4) is 0 Å². The maximum absolute atomic E-state index is 11.8. The minimum atomic E-state index is 0.292. The molecule has 2 nitrogen and oxygen atoms in total. The number of Topliss-reactive ketones (excluding diaryl/α,β-unsaturated/α-hetero) is 1. The van der Waals surface area contributed by atoms with E-state index in [9.17, 15) is 4.79 Å². The molecule has 0 saturated carbocycles. The van der Waals surface area contributed by atoms with E-state index in [0.29, 0.717) is 18.1 Å². The van der Waals surface area contributed by atoms with Crippen LogP contribution in [0, 0.1) is 5.92 Å². The van der Waals surface area contributed by atoms with E-state index in [0.717, 1.165) is 23.5 Å². The highest BCUT2D eigenvalue weighted by molar-refractivity contribution is 7.99. The Morgan fingerprint density at radius 2 is 2.57 bits per heavy atom. The molecule has 1 saturated heterocycles. The number of aromatic nitrogens is 1. The van der Waals surface area contributed by atoms with Gasteiger partial charge in [0.1, 0.15) is 5.78 Å². The Bertz CT molecular complexity index is 306. The zero-order valence-corrected chi connectivity index (χ0v) is 8.80. The molecule has 0 amide bonds. The van der Waals surface area contributed by atoms with Crippen molar-refractivity contribution in [3.63, 3.8) is 0 Å².